The molecule has 1 fully saturated rings. The van der Waals surface area contributed by atoms with E-state index >= 15 is 0 Å². The van der Waals surface area contributed by atoms with Crippen LogP contribution in [0.4, 0.5) is 0 Å². The van der Waals surface area contributed by atoms with Crippen LogP contribution >= 0.6 is 0 Å². The molecule has 1 saturated carbocycles. The molecule has 0 spiro atoms. The number of nitrogens with zero attached hydrogens (tertiary/aromatic N) is 3. The third kappa shape index (κ3) is 3.50. The molecule has 0 radical (unpaired) electrons. The average Bonchev–Trinajstić information content (AvgIpc) is 2.80. The van der Waals surface area contributed by atoms with Gasteiger partial charge in [0.25, 0.3) is 5.91 Å². The van der Waals surface area contributed by atoms with Gasteiger partial charge in [-0.15, -0.1) is 0 Å². The predicted octanol–water partition coefficient (Wildman–Crippen LogP) is 2.31. The monoisotopic (exact) mass is 354 g/mol. The molecule has 1 aliphatic carbocycles. The second-order valence-corrected chi connectivity index (χ2v) is 8.06. The van der Waals surface area contributed by atoms with Crippen LogP contribution in [0, 0.1) is 5.92 Å². The van der Waals surface area contributed by atoms with Crippen LogP contribution in [0.5, 0.6) is 0 Å². The zero-order valence-electron chi connectivity index (χ0n) is 15.9. The van der Waals surface area contributed by atoms with E-state index in [0.29, 0.717) is 12.6 Å². The Morgan fingerprint density at radius 3 is 2.65 bits per heavy atom. The van der Waals surface area contributed by atoms with E-state index in [9.17, 15) is 4.79 Å². The molecule has 2 heterocycles. The number of benzene rings is 1. The highest BCUT2D eigenvalue weighted by molar-refractivity contribution is 5.94. The lowest BCUT2D eigenvalue weighted by atomic mass is 9.91. The van der Waals surface area contributed by atoms with Crippen molar-refractivity contribution in [3.05, 3.63) is 34.9 Å². The van der Waals surface area contributed by atoms with Gasteiger partial charge in [0.05, 0.1) is 6.04 Å². The smallest absolute Gasteiger partial charge is 0.251 e. The van der Waals surface area contributed by atoms with Crippen LogP contribution in [0.15, 0.2) is 23.3 Å². The molecule has 0 bridgehead atoms. The van der Waals surface area contributed by atoms with Gasteiger partial charge >= 0.3 is 0 Å². The lowest BCUT2D eigenvalue weighted by Crippen LogP contribution is -2.41. The van der Waals surface area contributed by atoms with Crippen LogP contribution in [0.2, 0.25) is 0 Å². The summed E-state index contributed by atoms with van der Waals surface area (Å²) >= 11 is 0. The molecule has 4 rings (SSSR count). The van der Waals surface area contributed by atoms with E-state index in [4.69, 9.17) is 0 Å². The van der Waals surface area contributed by atoms with Crippen molar-refractivity contribution >= 4 is 12.1 Å². The molecule has 1 amide bonds. The summed E-state index contributed by atoms with van der Waals surface area (Å²) in [6, 6.07) is 7.42. The summed E-state index contributed by atoms with van der Waals surface area (Å²) in [5.74, 6) is 0.309. The minimum Gasteiger partial charge on any atom is -0.351 e. The molecular formula is C21H30N4O. The van der Waals surface area contributed by atoms with Gasteiger partial charge in [-0.2, -0.15) is 5.10 Å². The molecule has 1 aromatic rings. The molecule has 26 heavy (non-hydrogen) atoms. The first-order valence-corrected chi connectivity index (χ1v) is 10.0. The van der Waals surface area contributed by atoms with Crippen LogP contribution in [0.3, 0.4) is 0 Å². The van der Waals surface area contributed by atoms with Gasteiger partial charge in [-0.25, -0.2) is 0 Å². The third-order valence-corrected chi connectivity index (χ3v) is 6.54. The van der Waals surface area contributed by atoms with Crippen molar-refractivity contribution in [3.8, 4) is 0 Å². The molecule has 1 aromatic carbocycles. The topological polar surface area (TPSA) is 47.9 Å². The maximum Gasteiger partial charge on any atom is 0.251 e. The lowest BCUT2D eigenvalue weighted by Gasteiger charge is -2.36. The fraction of sp³-hybridized carbons (Fsp3) is 0.619. The highest BCUT2D eigenvalue weighted by atomic mass is 16.1. The zero-order valence-corrected chi connectivity index (χ0v) is 15.9. The number of hydrazone groups is 1. The van der Waals surface area contributed by atoms with Gasteiger partial charge in [0.15, 0.2) is 0 Å². The molecule has 2 aliphatic heterocycles. The SMILES string of the molecule is CC1C(CNC(=O)c2ccc3c(c2)CCN(C2CCC2)CC3)C=NN1C. The third-order valence-electron chi connectivity index (χ3n) is 6.54. The maximum atomic E-state index is 12.6. The maximum absolute atomic E-state index is 12.6. The number of amides is 1. The molecule has 2 unspecified atom stereocenters. The number of nitrogens with one attached hydrogen (secondary N) is 1. The van der Waals surface area contributed by atoms with Crippen LogP contribution in [0.1, 0.15) is 47.7 Å². The summed E-state index contributed by atoms with van der Waals surface area (Å²) in [5.41, 5.74) is 3.56. The molecule has 0 saturated heterocycles. The van der Waals surface area contributed by atoms with E-state index in [1.165, 1.54) is 30.4 Å². The van der Waals surface area contributed by atoms with Crippen molar-refractivity contribution < 1.29 is 4.79 Å². The normalized spacial score (nSPS) is 26.3. The number of hydrogen-bond acceptors (Lipinski definition) is 4. The Hall–Kier alpha value is -1.88. The fourth-order valence-electron chi connectivity index (χ4n) is 4.23. The van der Waals surface area contributed by atoms with E-state index in [1.807, 2.05) is 24.3 Å². The number of hydrogen-bond donors (Lipinski definition) is 1. The number of carbonyl (C=O) groups excluding carboxylic acids is 1. The van der Waals surface area contributed by atoms with Gasteiger partial charge in [-0.3, -0.25) is 14.7 Å². The Balaban J connectivity index is 1.37. The minimum absolute atomic E-state index is 0.0306. The van der Waals surface area contributed by atoms with Gasteiger partial charge in [0.1, 0.15) is 0 Å². The zero-order chi connectivity index (χ0) is 18.1. The number of fused-ring (bicyclic) bond motifs is 1. The van der Waals surface area contributed by atoms with Crippen molar-refractivity contribution in [3.63, 3.8) is 0 Å². The minimum atomic E-state index is 0.0306. The van der Waals surface area contributed by atoms with E-state index in [1.54, 1.807) is 0 Å². The van der Waals surface area contributed by atoms with E-state index in [2.05, 4.69) is 34.4 Å². The first kappa shape index (κ1) is 17.5. The second-order valence-electron chi connectivity index (χ2n) is 8.06. The van der Waals surface area contributed by atoms with Crippen molar-refractivity contribution in [2.24, 2.45) is 11.0 Å². The van der Waals surface area contributed by atoms with Crippen LogP contribution < -0.4 is 5.32 Å². The van der Waals surface area contributed by atoms with Gasteiger partial charge in [0, 0.05) is 50.4 Å². The Labute approximate surface area is 156 Å². The Kier molecular flexibility index (Phi) is 4.98. The van der Waals surface area contributed by atoms with Gasteiger partial charge in [-0.1, -0.05) is 12.5 Å². The Morgan fingerprint density at radius 2 is 2.00 bits per heavy atom. The molecule has 0 aromatic heterocycles. The van der Waals surface area contributed by atoms with Crippen molar-refractivity contribution in [2.75, 3.05) is 26.7 Å². The molecule has 5 heteroatoms. The van der Waals surface area contributed by atoms with Crippen LogP contribution in [-0.2, 0) is 12.8 Å². The summed E-state index contributed by atoms with van der Waals surface area (Å²) in [6.07, 6.45) is 8.22. The molecule has 140 valence electrons. The summed E-state index contributed by atoms with van der Waals surface area (Å²) in [6.45, 7) is 5.07. The van der Waals surface area contributed by atoms with Crippen LogP contribution in [0.25, 0.3) is 0 Å². The largest absolute Gasteiger partial charge is 0.351 e. The Bertz CT molecular complexity index is 697. The fourth-order valence-corrected chi connectivity index (χ4v) is 4.23. The summed E-state index contributed by atoms with van der Waals surface area (Å²) in [4.78, 5) is 15.3. The van der Waals surface area contributed by atoms with Crippen molar-refractivity contribution in [1.29, 1.82) is 0 Å². The second kappa shape index (κ2) is 7.39. The number of carbonyl (C=O) groups is 1. The summed E-state index contributed by atoms with van der Waals surface area (Å²) in [7, 11) is 1.97. The van der Waals surface area contributed by atoms with E-state index in [-0.39, 0.29) is 11.8 Å². The first-order chi connectivity index (χ1) is 12.6. The molecule has 2 atom stereocenters. The van der Waals surface area contributed by atoms with Gasteiger partial charge in [-0.05, 0) is 55.9 Å². The van der Waals surface area contributed by atoms with Gasteiger partial charge in [0.2, 0.25) is 0 Å². The average molecular weight is 354 g/mol. The molecule has 1 N–H and O–H groups in total. The molecular weight excluding hydrogens is 324 g/mol. The first-order valence-electron chi connectivity index (χ1n) is 10.0. The quantitative estimate of drug-likeness (QED) is 0.903. The molecule has 5 nitrogen and oxygen atoms in total. The van der Waals surface area contributed by atoms with Crippen molar-refractivity contribution in [1.82, 2.24) is 15.2 Å². The highest BCUT2D eigenvalue weighted by Crippen LogP contribution is 2.27. The summed E-state index contributed by atoms with van der Waals surface area (Å²) < 4.78 is 0. The predicted molar refractivity (Wildman–Crippen MR) is 105 cm³/mol. The van der Waals surface area contributed by atoms with Crippen LogP contribution in [-0.4, -0.2) is 60.8 Å². The lowest BCUT2D eigenvalue weighted by molar-refractivity contribution is 0.0947. The Morgan fingerprint density at radius 1 is 1.23 bits per heavy atom. The van der Waals surface area contributed by atoms with E-state index in [0.717, 1.165) is 37.5 Å². The van der Waals surface area contributed by atoms with Crippen molar-refractivity contribution in [2.45, 2.75) is 51.1 Å². The van der Waals surface area contributed by atoms with E-state index < -0.39 is 0 Å². The van der Waals surface area contributed by atoms with Gasteiger partial charge < -0.3 is 5.32 Å². The standard InChI is InChI=1S/C21H30N4O/c1-15-19(14-23-24(15)2)13-22-21(26)18-7-6-16-8-10-25(20-4-3-5-20)11-9-17(16)12-18/h6-7,12,14-15,19-20H,3-5,8-11,13H2,1-2H3,(H,22,26). The summed E-state index contributed by atoms with van der Waals surface area (Å²) in [5, 5.41) is 9.35. The highest BCUT2D eigenvalue weighted by Gasteiger charge is 2.27. The molecule has 3 aliphatic rings. The number of rotatable bonds is 4.